The average molecular weight is 548 g/mol. The highest BCUT2D eigenvalue weighted by molar-refractivity contribution is 5.74. The number of benzene rings is 2. The number of aliphatic hydroxyl groups excluding tert-OH is 1. The highest BCUT2D eigenvalue weighted by Crippen LogP contribution is 2.18. The van der Waals surface area contributed by atoms with Crippen LogP contribution in [0, 0.1) is 0 Å². The van der Waals surface area contributed by atoms with Crippen molar-refractivity contribution in [1.29, 1.82) is 0 Å². The molecule has 0 saturated carbocycles. The van der Waals surface area contributed by atoms with E-state index in [1.165, 1.54) is 11.6 Å². The molecule has 40 heavy (non-hydrogen) atoms. The quantitative estimate of drug-likeness (QED) is 0.287. The van der Waals surface area contributed by atoms with Crippen molar-refractivity contribution in [3.8, 4) is 5.75 Å². The summed E-state index contributed by atoms with van der Waals surface area (Å²) in [6.45, 7) is 6.08. The van der Waals surface area contributed by atoms with E-state index in [4.69, 9.17) is 4.74 Å². The monoisotopic (exact) mass is 547 g/mol. The molecule has 11 heteroatoms. The molecule has 0 amide bonds. The first kappa shape index (κ1) is 27.6. The van der Waals surface area contributed by atoms with Crippen molar-refractivity contribution in [3.63, 3.8) is 0 Å². The van der Waals surface area contributed by atoms with Crippen LogP contribution in [0.1, 0.15) is 5.56 Å². The fourth-order valence-corrected chi connectivity index (χ4v) is 5.11. The molecule has 5 rings (SSSR count). The molecule has 0 spiro atoms. The van der Waals surface area contributed by atoms with E-state index in [0.717, 1.165) is 48.6 Å². The first-order valence-corrected chi connectivity index (χ1v) is 13.7. The van der Waals surface area contributed by atoms with E-state index in [0.29, 0.717) is 36.8 Å². The second kappa shape index (κ2) is 12.5. The first-order chi connectivity index (χ1) is 19.4. The molecule has 11 nitrogen and oxygen atoms in total. The Morgan fingerprint density at radius 1 is 0.900 bits per heavy atom. The molecule has 1 saturated heterocycles. The minimum Gasteiger partial charge on any atom is -0.492 e. The Morgan fingerprint density at radius 3 is 2.25 bits per heavy atom. The number of hydrogen-bond donors (Lipinski definition) is 2. The maximum atomic E-state index is 13.1. The van der Waals surface area contributed by atoms with Crippen molar-refractivity contribution < 1.29 is 9.84 Å². The van der Waals surface area contributed by atoms with Gasteiger partial charge >= 0.3 is 5.69 Å². The van der Waals surface area contributed by atoms with Gasteiger partial charge in [-0.3, -0.25) is 23.7 Å². The Kier molecular flexibility index (Phi) is 8.63. The second-order valence-electron chi connectivity index (χ2n) is 10.2. The number of β-amino-alcohol motifs (C(OH)–C–C–N with tert-alkyl or cyclic N) is 1. The Bertz CT molecular complexity index is 1520. The lowest BCUT2D eigenvalue weighted by Gasteiger charge is -2.35. The number of nitrogens with zero attached hydrogens (tertiary/aromatic N) is 6. The van der Waals surface area contributed by atoms with Gasteiger partial charge < -0.3 is 19.7 Å². The molecule has 212 valence electrons. The van der Waals surface area contributed by atoms with Crippen LogP contribution in [-0.2, 0) is 27.2 Å². The van der Waals surface area contributed by atoms with Gasteiger partial charge in [0.15, 0.2) is 11.2 Å². The summed E-state index contributed by atoms with van der Waals surface area (Å²) in [6.07, 6.45) is -0.732. The van der Waals surface area contributed by atoms with Gasteiger partial charge in [-0.2, -0.15) is 4.98 Å². The van der Waals surface area contributed by atoms with E-state index in [2.05, 4.69) is 20.1 Å². The number of imidazole rings is 1. The van der Waals surface area contributed by atoms with Gasteiger partial charge in [-0.05, 0) is 17.7 Å². The lowest BCUT2D eigenvalue weighted by Crippen LogP contribution is -2.49. The van der Waals surface area contributed by atoms with Gasteiger partial charge in [0, 0.05) is 59.9 Å². The van der Waals surface area contributed by atoms with Crippen molar-refractivity contribution in [1.82, 2.24) is 28.5 Å². The number of aliphatic hydroxyl groups is 1. The van der Waals surface area contributed by atoms with Crippen LogP contribution in [0.15, 0.2) is 70.3 Å². The summed E-state index contributed by atoms with van der Waals surface area (Å²) >= 11 is 0. The van der Waals surface area contributed by atoms with Gasteiger partial charge in [0.25, 0.3) is 5.56 Å². The zero-order valence-corrected chi connectivity index (χ0v) is 23.1. The predicted molar refractivity (Wildman–Crippen MR) is 155 cm³/mol. The number of para-hydroxylation sites is 1. The van der Waals surface area contributed by atoms with E-state index >= 15 is 0 Å². The smallest absolute Gasteiger partial charge is 0.332 e. The summed E-state index contributed by atoms with van der Waals surface area (Å²) < 4.78 is 9.99. The van der Waals surface area contributed by atoms with Crippen LogP contribution in [0.25, 0.3) is 11.2 Å². The highest BCUT2D eigenvalue weighted by atomic mass is 16.5. The maximum absolute atomic E-state index is 13.1. The lowest BCUT2D eigenvalue weighted by atomic mass is 10.2. The highest BCUT2D eigenvalue weighted by Gasteiger charge is 2.23. The number of hydrogen-bond acceptors (Lipinski definition) is 8. The third kappa shape index (κ3) is 6.27. The summed E-state index contributed by atoms with van der Waals surface area (Å²) in [5.41, 5.74) is 0.765. The Morgan fingerprint density at radius 2 is 1.55 bits per heavy atom. The molecule has 2 N–H and O–H groups in total. The maximum Gasteiger partial charge on any atom is 0.332 e. The summed E-state index contributed by atoms with van der Waals surface area (Å²) in [7, 11) is 3.06. The third-order valence-electron chi connectivity index (χ3n) is 7.39. The minimum atomic E-state index is -0.732. The average Bonchev–Trinajstić information content (AvgIpc) is 3.33. The second-order valence-corrected chi connectivity index (χ2v) is 10.2. The normalized spacial score (nSPS) is 15.4. The third-order valence-corrected chi connectivity index (χ3v) is 7.39. The number of ether oxygens (including phenoxy) is 1. The number of anilines is 1. The van der Waals surface area contributed by atoms with Crippen LogP contribution >= 0.6 is 0 Å². The van der Waals surface area contributed by atoms with Crippen molar-refractivity contribution in [3.05, 3.63) is 87.1 Å². The summed E-state index contributed by atoms with van der Waals surface area (Å²) in [6, 6.07) is 19.7. The zero-order valence-electron chi connectivity index (χ0n) is 23.1. The summed E-state index contributed by atoms with van der Waals surface area (Å²) in [4.78, 5) is 34.9. The molecule has 0 bridgehead atoms. The summed E-state index contributed by atoms with van der Waals surface area (Å²) in [5, 5.41) is 14.4. The summed E-state index contributed by atoms with van der Waals surface area (Å²) in [5.74, 6) is 1.32. The van der Waals surface area contributed by atoms with Gasteiger partial charge in [-0.15, -0.1) is 0 Å². The largest absolute Gasteiger partial charge is 0.492 e. The van der Waals surface area contributed by atoms with E-state index in [-0.39, 0.29) is 6.54 Å². The van der Waals surface area contributed by atoms with E-state index < -0.39 is 17.4 Å². The molecular formula is C29H37N7O4. The molecule has 0 aliphatic carbocycles. The van der Waals surface area contributed by atoms with Crippen molar-refractivity contribution >= 4 is 17.1 Å². The number of fused-ring (bicyclic) bond motifs is 1. The van der Waals surface area contributed by atoms with Crippen LogP contribution < -0.4 is 21.3 Å². The first-order valence-electron chi connectivity index (χ1n) is 13.7. The van der Waals surface area contributed by atoms with Crippen molar-refractivity contribution in [2.45, 2.75) is 19.2 Å². The molecule has 1 unspecified atom stereocenters. The van der Waals surface area contributed by atoms with Gasteiger partial charge in [-0.1, -0.05) is 48.5 Å². The number of nitrogens with one attached hydrogen (secondary N) is 1. The predicted octanol–water partition coefficient (Wildman–Crippen LogP) is 1.10. The van der Waals surface area contributed by atoms with E-state index in [1.54, 1.807) is 11.6 Å². The van der Waals surface area contributed by atoms with Crippen LogP contribution in [0.3, 0.4) is 0 Å². The molecule has 1 atom stereocenters. The lowest BCUT2D eigenvalue weighted by molar-refractivity contribution is 0.0610. The Labute approximate surface area is 232 Å². The number of piperazine rings is 1. The molecule has 0 radical (unpaired) electrons. The number of aryl methyl sites for hydroxylation is 1. The molecule has 1 aliphatic rings. The fourth-order valence-electron chi connectivity index (χ4n) is 5.11. The van der Waals surface area contributed by atoms with Crippen molar-refractivity contribution in [2.75, 3.05) is 51.2 Å². The SMILES string of the molecule is Cn1c(=O)c2c(nc(NCc3ccccc3)n2CC(O)CN2CCN(CCOc3ccccc3)CC2)n(C)c1=O. The molecule has 2 aromatic carbocycles. The molecule has 2 aromatic heterocycles. The Hall–Kier alpha value is -3.93. The van der Waals surface area contributed by atoms with Gasteiger partial charge in [0.05, 0.1) is 12.6 Å². The molecule has 1 aliphatic heterocycles. The standard InChI is InChI=1S/C29H37N7O4/c1-32-26-25(27(38)33(2)29(32)39)36(28(31-26)30-19-22-9-5-3-6-10-22)21-23(37)20-35-15-13-34(14-16-35)17-18-40-24-11-7-4-8-12-24/h3-12,23,37H,13-21H2,1-2H3,(H,30,31). The van der Waals surface area contributed by atoms with Gasteiger partial charge in [0.2, 0.25) is 5.95 Å². The zero-order chi connectivity index (χ0) is 28.1. The topological polar surface area (TPSA) is 110 Å². The molecule has 1 fully saturated rings. The van der Waals surface area contributed by atoms with Crippen LogP contribution in [0.2, 0.25) is 0 Å². The van der Waals surface area contributed by atoms with Crippen LogP contribution in [-0.4, -0.2) is 85.6 Å². The van der Waals surface area contributed by atoms with Crippen LogP contribution in [0.4, 0.5) is 5.95 Å². The van der Waals surface area contributed by atoms with Gasteiger partial charge in [-0.25, -0.2) is 4.79 Å². The van der Waals surface area contributed by atoms with E-state index in [9.17, 15) is 14.7 Å². The molecule has 4 aromatic rings. The van der Waals surface area contributed by atoms with Gasteiger partial charge in [0.1, 0.15) is 12.4 Å². The van der Waals surface area contributed by atoms with Crippen molar-refractivity contribution in [2.24, 2.45) is 14.1 Å². The molecule has 3 heterocycles. The number of rotatable bonds is 11. The number of aromatic nitrogens is 4. The fraction of sp³-hybridized carbons (Fsp3) is 0.414. The molecular weight excluding hydrogens is 510 g/mol. The minimum absolute atomic E-state index is 0.173. The van der Waals surface area contributed by atoms with Crippen LogP contribution in [0.5, 0.6) is 5.75 Å². The Balaban J connectivity index is 1.23. The van der Waals surface area contributed by atoms with E-state index in [1.807, 2.05) is 60.7 Å².